The number of anilines is 6. The van der Waals surface area contributed by atoms with Gasteiger partial charge in [-0.1, -0.05) is 188 Å². The number of nitriles is 2. The molecule has 4 heterocycles. The van der Waals surface area contributed by atoms with Crippen LogP contribution in [0.5, 0.6) is 0 Å². The lowest BCUT2D eigenvalue weighted by atomic mass is 9.65. The second-order valence-electron chi connectivity index (χ2n) is 22.9. The van der Waals surface area contributed by atoms with Gasteiger partial charge in [0.2, 0.25) is 0 Å². The summed E-state index contributed by atoms with van der Waals surface area (Å²) in [6, 6.07) is 94.3. The lowest BCUT2D eigenvalue weighted by Gasteiger charge is -2.40. The molecule has 0 atom stereocenters. The summed E-state index contributed by atoms with van der Waals surface area (Å²) in [5, 5.41) is 31.3. The van der Waals surface area contributed by atoms with Gasteiger partial charge in [0.25, 0.3) is 0 Å². The number of hydrogen-bond donors (Lipinski definition) is 0. The quantitative estimate of drug-likeness (QED) is 0.165. The second-order valence-corrected chi connectivity index (χ2v) is 22.9. The van der Waals surface area contributed by atoms with E-state index in [0.29, 0.717) is 33.5 Å². The van der Waals surface area contributed by atoms with Crippen molar-refractivity contribution in [2.24, 2.45) is 0 Å². The molecular weight excluding hydrogens is 1050 g/mol. The Balaban J connectivity index is 1.03. The lowest BCUT2D eigenvalue weighted by molar-refractivity contribution is 0.667. The predicted octanol–water partition coefficient (Wildman–Crippen LogP) is 20.9. The number of hydrogen-bond acceptors (Lipinski definition) is 6. The van der Waals surface area contributed by atoms with E-state index in [9.17, 15) is 10.5 Å². The Morgan fingerprint density at radius 3 is 1.27 bits per heavy atom. The van der Waals surface area contributed by atoms with Crippen molar-refractivity contribution in [1.29, 1.82) is 10.5 Å². The van der Waals surface area contributed by atoms with Crippen LogP contribution in [0.2, 0.25) is 0 Å². The fourth-order valence-electron chi connectivity index (χ4n) is 15.2. The monoisotopic (exact) mass is 1100 g/mol. The van der Waals surface area contributed by atoms with Crippen molar-refractivity contribution < 1.29 is 8.83 Å². The molecule has 7 nitrogen and oxygen atoms in total. The molecule has 0 fully saturated rings. The highest BCUT2D eigenvalue weighted by Gasteiger charge is 2.53. The molecule has 13 aromatic carbocycles. The van der Waals surface area contributed by atoms with Crippen LogP contribution >= 0.6 is 0 Å². The SMILES string of the molecule is Cc1ccccc1N(c1cc2c(c3ccccc13)-c1c(cc(N(c3ccccc3C)c3cccc4c3oc3c(C#N)cccc34)c3ccccc13)C21c2ccccc2-n2c3ccccc3c3cccc1c32)c1cccc2c1oc1c(C#N)cccc12. The molecule has 86 heavy (non-hydrogen) atoms. The summed E-state index contributed by atoms with van der Waals surface area (Å²) in [5.74, 6) is 0. The van der Waals surface area contributed by atoms with Crippen LogP contribution in [-0.2, 0) is 5.41 Å². The fourth-order valence-corrected chi connectivity index (χ4v) is 15.2. The first-order chi connectivity index (χ1) is 42.5. The number of benzene rings is 13. The van der Waals surface area contributed by atoms with Gasteiger partial charge in [0, 0.05) is 54.5 Å². The van der Waals surface area contributed by atoms with Gasteiger partial charge in [-0.25, -0.2) is 0 Å². The first-order valence-corrected chi connectivity index (χ1v) is 29.1. The van der Waals surface area contributed by atoms with Crippen LogP contribution in [0.15, 0.2) is 258 Å². The van der Waals surface area contributed by atoms with Gasteiger partial charge in [-0.2, -0.15) is 10.5 Å². The molecular formula is C79H47N5O2. The van der Waals surface area contributed by atoms with Crippen LogP contribution in [0.4, 0.5) is 34.1 Å². The van der Waals surface area contributed by atoms with E-state index in [1.807, 2.05) is 24.3 Å². The maximum absolute atomic E-state index is 10.5. The Bertz CT molecular complexity index is 5490. The Morgan fingerprint density at radius 2 is 0.733 bits per heavy atom. The van der Waals surface area contributed by atoms with Gasteiger partial charge in [-0.3, -0.25) is 0 Å². The van der Waals surface area contributed by atoms with Crippen LogP contribution in [-0.4, -0.2) is 4.57 Å². The Morgan fingerprint density at radius 1 is 0.337 bits per heavy atom. The number of aromatic nitrogens is 1. The van der Waals surface area contributed by atoms with Crippen molar-refractivity contribution in [2.75, 3.05) is 9.80 Å². The summed E-state index contributed by atoms with van der Waals surface area (Å²) < 4.78 is 16.5. The summed E-state index contributed by atoms with van der Waals surface area (Å²) in [6.45, 7) is 4.36. The third-order valence-corrected chi connectivity index (χ3v) is 18.7. The van der Waals surface area contributed by atoms with Crippen molar-refractivity contribution in [3.8, 4) is 29.0 Å². The average molecular weight is 1100 g/mol. The van der Waals surface area contributed by atoms with Gasteiger partial charge in [0.05, 0.1) is 56.0 Å². The molecule has 16 aromatic rings. The highest BCUT2D eigenvalue weighted by atomic mass is 16.3. The summed E-state index contributed by atoms with van der Waals surface area (Å²) in [7, 11) is 0. The lowest BCUT2D eigenvalue weighted by Crippen LogP contribution is -2.34. The van der Waals surface area contributed by atoms with E-state index in [0.717, 1.165) is 111 Å². The summed E-state index contributed by atoms with van der Waals surface area (Å²) >= 11 is 0. The zero-order valence-corrected chi connectivity index (χ0v) is 46.7. The molecule has 1 aliphatic carbocycles. The predicted molar refractivity (Wildman–Crippen MR) is 349 cm³/mol. The number of para-hydroxylation sites is 9. The van der Waals surface area contributed by atoms with E-state index >= 15 is 0 Å². The maximum Gasteiger partial charge on any atom is 0.159 e. The molecule has 0 unspecified atom stereocenters. The number of nitrogens with zero attached hydrogens (tertiary/aromatic N) is 5. The molecule has 1 spiro atoms. The maximum atomic E-state index is 10.5. The zero-order chi connectivity index (χ0) is 57.1. The molecule has 0 amide bonds. The number of fused-ring (bicyclic) bond motifs is 22. The molecule has 1 aliphatic heterocycles. The third-order valence-electron chi connectivity index (χ3n) is 18.7. The fraction of sp³-hybridized carbons (Fsp3) is 0.0380. The van der Waals surface area contributed by atoms with Crippen molar-refractivity contribution in [2.45, 2.75) is 19.3 Å². The van der Waals surface area contributed by atoms with Gasteiger partial charge >= 0.3 is 0 Å². The largest absolute Gasteiger partial charge is 0.452 e. The van der Waals surface area contributed by atoms with Crippen molar-refractivity contribution in [3.63, 3.8) is 0 Å². The van der Waals surface area contributed by atoms with Gasteiger partial charge < -0.3 is 23.2 Å². The summed E-state index contributed by atoms with van der Waals surface area (Å²) in [5.41, 5.74) is 20.9. The van der Waals surface area contributed by atoms with E-state index < -0.39 is 5.41 Å². The molecule has 0 saturated carbocycles. The van der Waals surface area contributed by atoms with E-state index in [-0.39, 0.29) is 0 Å². The number of furan rings is 2. The zero-order valence-electron chi connectivity index (χ0n) is 46.7. The molecule has 3 aromatic heterocycles. The first kappa shape index (κ1) is 47.9. The summed E-state index contributed by atoms with van der Waals surface area (Å²) in [4.78, 5) is 4.82. The van der Waals surface area contributed by atoms with Gasteiger partial charge in [0.15, 0.2) is 22.3 Å². The molecule has 0 radical (unpaired) electrons. The van der Waals surface area contributed by atoms with Gasteiger partial charge in [-0.05, 0) is 130 Å². The highest BCUT2D eigenvalue weighted by molar-refractivity contribution is 6.22. The molecule has 7 heteroatoms. The van der Waals surface area contributed by atoms with E-state index in [2.05, 4.69) is 265 Å². The van der Waals surface area contributed by atoms with Crippen LogP contribution in [0, 0.1) is 36.5 Å². The molecule has 0 N–H and O–H groups in total. The highest BCUT2D eigenvalue weighted by Crippen LogP contribution is 2.66. The van der Waals surface area contributed by atoms with Crippen molar-refractivity contribution in [1.82, 2.24) is 4.57 Å². The minimum absolute atomic E-state index is 0.493. The molecule has 2 aliphatic rings. The van der Waals surface area contributed by atoms with E-state index in [1.165, 1.54) is 38.5 Å². The Labute approximate surface area is 493 Å². The van der Waals surface area contributed by atoms with Crippen LogP contribution in [0.3, 0.4) is 0 Å². The number of rotatable bonds is 6. The van der Waals surface area contributed by atoms with Crippen LogP contribution in [0.25, 0.3) is 104 Å². The van der Waals surface area contributed by atoms with Crippen molar-refractivity contribution >= 4 is 121 Å². The van der Waals surface area contributed by atoms with E-state index in [4.69, 9.17) is 8.83 Å². The molecule has 0 bridgehead atoms. The smallest absolute Gasteiger partial charge is 0.159 e. The summed E-state index contributed by atoms with van der Waals surface area (Å²) in [6.07, 6.45) is 0. The Kier molecular flexibility index (Phi) is 9.86. The first-order valence-electron chi connectivity index (χ1n) is 29.1. The molecule has 18 rings (SSSR count). The standard InChI is InChI=1S/C79H47N5O2/c1-46-20-3-11-36-64(46)82(68-40-18-32-58-56-30-15-22-48(44-80)75(56)85-77(58)68)70-42-62-72(53-27-7-5-24-50(53)70)73-54-28-8-6-25-51(54)71(83(65-37-12-4-21-47(65)2)69-41-19-33-59-57-31-16-23-49(45-81)76(57)86-78(59)69)43-63(73)79(62)60-34-10-14-39-67(60)84-66-38-13-9-26-52(66)55-29-17-35-61(79)74(55)84/h3-43H,1-2H3. The molecule has 0 saturated heterocycles. The minimum Gasteiger partial charge on any atom is -0.452 e. The normalized spacial score (nSPS) is 12.8. The van der Waals surface area contributed by atoms with Gasteiger partial charge in [-0.15, -0.1) is 0 Å². The minimum atomic E-state index is -0.947. The van der Waals surface area contributed by atoms with E-state index in [1.54, 1.807) is 0 Å². The van der Waals surface area contributed by atoms with Gasteiger partial charge in [0.1, 0.15) is 12.1 Å². The molecule has 400 valence electrons. The Hall–Kier alpha value is -11.6. The third kappa shape index (κ3) is 6.17. The van der Waals surface area contributed by atoms with Crippen LogP contribution < -0.4 is 9.80 Å². The van der Waals surface area contributed by atoms with Crippen LogP contribution in [0.1, 0.15) is 44.5 Å². The average Bonchev–Trinajstić information content (AvgIpc) is 1.47. The topological polar surface area (TPSA) is 85.3 Å². The second kappa shape index (κ2) is 17.7. The number of aryl methyl sites for hydroxylation is 2. The van der Waals surface area contributed by atoms with Crippen molar-refractivity contribution in [3.05, 3.63) is 293 Å².